The zero-order chi connectivity index (χ0) is 21.2. The van der Waals surface area contributed by atoms with Gasteiger partial charge in [0.05, 0.1) is 16.7 Å². The van der Waals surface area contributed by atoms with Crippen LogP contribution in [0.25, 0.3) is 27.7 Å². The van der Waals surface area contributed by atoms with Gasteiger partial charge in [-0.1, -0.05) is 12.1 Å². The summed E-state index contributed by atoms with van der Waals surface area (Å²) in [5.41, 5.74) is 3.58. The molecule has 5 rings (SSSR count). The van der Waals surface area contributed by atoms with E-state index in [1.54, 1.807) is 24.3 Å². The second-order valence-electron chi connectivity index (χ2n) is 7.68. The first-order valence-corrected chi connectivity index (χ1v) is 11.2. The minimum atomic E-state index is -0.270. The molecular formula is C24H21FN4OS. The number of aromatic nitrogens is 3. The molecule has 1 aliphatic heterocycles. The van der Waals surface area contributed by atoms with E-state index in [2.05, 4.69) is 9.97 Å². The van der Waals surface area contributed by atoms with Crippen molar-refractivity contribution in [3.05, 3.63) is 77.3 Å². The highest BCUT2D eigenvalue weighted by molar-refractivity contribution is 7.13. The molecule has 5 nitrogen and oxygen atoms in total. The molecule has 3 heterocycles. The molecule has 1 saturated heterocycles. The Bertz CT molecular complexity index is 1210. The first kappa shape index (κ1) is 19.6. The van der Waals surface area contributed by atoms with Gasteiger partial charge in [0.2, 0.25) is 5.91 Å². The number of H-pyrrole nitrogens is 1. The average molecular weight is 433 g/mol. The summed E-state index contributed by atoms with van der Waals surface area (Å²) in [6, 6.07) is 14.2. The summed E-state index contributed by atoms with van der Waals surface area (Å²) in [6.45, 7) is 1.40. The van der Waals surface area contributed by atoms with E-state index in [9.17, 15) is 9.18 Å². The zero-order valence-corrected chi connectivity index (χ0v) is 17.6. The van der Waals surface area contributed by atoms with E-state index in [0.717, 1.165) is 52.5 Å². The monoisotopic (exact) mass is 432 g/mol. The summed E-state index contributed by atoms with van der Waals surface area (Å²) in [4.78, 5) is 27.3. The van der Waals surface area contributed by atoms with Crippen LogP contribution in [0.15, 0.2) is 60.0 Å². The number of imidazole rings is 1. The summed E-state index contributed by atoms with van der Waals surface area (Å²) >= 11 is 1.47. The second kappa shape index (κ2) is 8.43. The van der Waals surface area contributed by atoms with Gasteiger partial charge < -0.3 is 9.88 Å². The van der Waals surface area contributed by atoms with Crippen LogP contribution in [0.4, 0.5) is 4.39 Å². The number of piperidine rings is 1. The Balaban J connectivity index is 1.25. The molecule has 0 aliphatic carbocycles. The maximum atomic E-state index is 13.1. The number of aromatic amines is 1. The van der Waals surface area contributed by atoms with E-state index in [0.29, 0.717) is 6.54 Å². The largest absolute Gasteiger partial charge is 0.342 e. The van der Waals surface area contributed by atoms with Crippen molar-refractivity contribution in [3.8, 4) is 10.6 Å². The Morgan fingerprint density at radius 1 is 1.16 bits per heavy atom. The van der Waals surface area contributed by atoms with Gasteiger partial charge in [-0.3, -0.25) is 4.79 Å². The van der Waals surface area contributed by atoms with Gasteiger partial charge in [0.25, 0.3) is 0 Å². The molecule has 2 aromatic heterocycles. The highest BCUT2D eigenvalue weighted by Gasteiger charge is 2.25. The number of halogens is 1. The van der Waals surface area contributed by atoms with E-state index < -0.39 is 0 Å². The molecule has 1 atom stereocenters. The summed E-state index contributed by atoms with van der Waals surface area (Å²) < 4.78 is 13.1. The molecular weight excluding hydrogens is 411 g/mol. The number of likely N-dealkylation sites (tertiary alicyclic amines) is 1. The SMILES string of the molecule is O=C(/C=C/c1csc(-c2ccc(F)cc2)n1)N1CCCC(c2nc3ccccc3[nH]2)C1. The second-order valence-corrected chi connectivity index (χ2v) is 8.54. The Hall–Kier alpha value is -3.32. The van der Waals surface area contributed by atoms with Crippen LogP contribution in [0.3, 0.4) is 0 Å². The maximum Gasteiger partial charge on any atom is 0.246 e. The molecule has 4 aromatic rings. The third-order valence-electron chi connectivity index (χ3n) is 5.54. The van der Waals surface area contributed by atoms with E-state index in [1.807, 2.05) is 34.5 Å². The maximum absolute atomic E-state index is 13.1. The standard InChI is InChI=1S/C24H21FN4OS/c25-18-9-7-16(8-10-18)24-26-19(15-31-24)11-12-22(30)29-13-3-4-17(14-29)23-27-20-5-1-2-6-21(20)28-23/h1-2,5-12,15,17H,3-4,13-14H2,(H,27,28)/b12-11+. The normalized spacial score (nSPS) is 16.9. The van der Waals surface area contributed by atoms with Gasteiger partial charge in [0.15, 0.2) is 0 Å². The highest BCUT2D eigenvalue weighted by atomic mass is 32.1. The molecule has 0 bridgehead atoms. The van der Waals surface area contributed by atoms with Crippen LogP contribution in [0, 0.1) is 5.82 Å². The van der Waals surface area contributed by atoms with Crippen LogP contribution < -0.4 is 0 Å². The Kier molecular flexibility index (Phi) is 5.34. The predicted octanol–water partition coefficient (Wildman–Crippen LogP) is 5.24. The first-order valence-electron chi connectivity index (χ1n) is 10.3. The van der Waals surface area contributed by atoms with Crippen molar-refractivity contribution in [3.63, 3.8) is 0 Å². The molecule has 7 heteroatoms. The topological polar surface area (TPSA) is 61.9 Å². The van der Waals surface area contributed by atoms with Gasteiger partial charge >= 0.3 is 0 Å². The number of fused-ring (bicyclic) bond motifs is 1. The quantitative estimate of drug-likeness (QED) is 0.448. The van der Waals surface area contributed by atoms with Crippen molar-refractivity contribution in [1.29, 1.82) is 0 Å². The third kappa shape index (κ3) is 4.27. The summed E-state index contributed by atoms with van der Waals surface area (Å²) in [5.74, 6) is 0.875. The fourth-order valence-corrected chi connectivity index (χ4v) is 4.71. The predicted molar refractivity (Wildman–Crippen MR) is 121 cm³/mol. The number of para-hydroxylation sites is 2. The molecule has 1 aliphatic rings. The minimum absolute atomic E-state index is 0.0165. The van der Waals surface area contributed by atoms with Crippen molar-refractivity contribution in [1.82, 2.24) is 19.9 Å². The van der Waals surface area contributed by atoms with Gasteiger partial charge in [0.1, 0.15) is 16.6 Å². The van der Waals surface area contributed by atoms with Crippen LogP contribution in [0.1, 0.15) is 30.3 Å². The van der Waals surface area contributed by atoms with Crippen molar-refractivity contribution in [2.75, 3.05) is 13.1 Å². The number of thiazole rings is 1. The highest BCUT2D eigenvalue weighted by Crippen LogP contribution is 2.27. The fraction of sp³-hybridized carbons (Fsp3) is 0.208. The van der Waals surface area contributed by atoms with Gasteiger partial charge in [-0.25, -0.2) is 14.4 Å². The number of nitrogens with one attached hydrogen (secondary N) is 1. The lowest BCUT2D eigenvalue weighted by atomic mass is 9.97. The number of carbonyl (C=O) groups excluding carboxylic acids is 1. The first-order chi connectivity index (χ1) is 15.2. The Morgan fingerprint density at radius 3 is 2.84 bits per heavy atom. The van der Waals surface area contributed by atoms with Gasteiger partial charge in [-0.05, 0) is 55.3 Å². The Morgan fingerprint density at radius 2 is 2.00 bits per heavy atom. The molecule has 2 aromatic carbocycles. The number of amides is 1. The summed E-state index contributed by atoms with van der Waals surface area (Å²) in [5, 5.41) is 2.70. The summed E-state index contributed by atoms with van der Waals surface area (Å²) in [6.07, 6.45) is 5.30. The molecule has 1 N–H and O–H groups in total. The van der Waals surface area contributed by atoms with Crippen LogP contribution in [-0.2, 0) is 4.79 Å². The number of carbonyl (C=O) groups is 1. The smallest absolute Gasteiger partial charge is 0.246 e. The van der Waals surface area contributed by atoms with Gasteiger partial charge in [0, 0.05) is 36.0 Å². The molecule has 31 heavy (non-hydrogen) atoms. The lowest BCUT2D eigenvalue weighted by Crippen LogP contribution is -2.38. The van der Waals surface area contributed by atoms with Crippen LogP contribution in [0.2, 0.25) is 0 Å². The molecule has 156 valence electrons. The number of hydrogen-bond donors (Lipinski definition) is 1. The van der Waals surface area contributed by atoms with E-state index in [4.69, 9.17) is 4.98 Å². The molecule has 1 unspecified atom stereocenters. The molecule has 0 spiro atoms. The van der Waals surface area contributed by atoms with E-state index in [1.165, 1.54) is 23.5 Å². The van der Waals surface area contributed by atoms with Crippen LogP contribution in [0.5, 0.6) is 0 Å². The Labute approximate surface area is 183 Å². The average Bonchev–Trinajstić information content (AvgIpc) is 3.45. The number of rotatable bonds is 4. The van der Waals surface area contributed by atoms with Gasteiger partial charge in [-0.15, -0.1) is 11.3 Å². The van der Waals surface area contributed by atoms with E-state index >= 15 is 0 Å². The van der Waals surface area contributed by atoms with Crippen LogP contribution in [-0.4, -0.2) is 38.8 Å². The molecule has 0 saturated carbocycles. The molecule has 1 amide bonds. The van der Waals surface area contributed by atoms with Gasteiger partial charge in [-0.2, -0.15) is 0 Å². The van der Waals surface area contributed by atoms with Crippen molar-refractivity contribution in [2.45, 2.75) is 18.8 Å². The van der Waals surface area contributed by atoms with Crippen LogP contribution >= 0.6 is 11.3 Å². The zero-order valence-electron chi connectivity index (χ0n) is 16.8. The number of nitrogens with zero attached hydrogens (tertiary/aromatic N) is 3. The van der Waals surface area contributed by atoms with Crippen molar-refractivity contribution < 1.29 is 9.18 Å². The molecule has 0 radical (unpaired) electrons. The minimum Gasteiger partial charge on any atom is -0.342 e. The van der Waals surface area contributed by atoms with Crippen molar-refractivity contribution in [2.24, 2.45) is 0 Å². The number of benzene rings is 2. The summed E-state index contributed by atoms with van der Waals surface area (Å²) in [7, 11) is 0. The third-order valence-corrected chi connectivity index (χ3v) is 6.45. The lowest BCUT2D eigenvalue weighted by molar-refractivity contribution is -0.127. The van der Waals surface area contributed by atoms with Crippen molar-refractivity contribution >= 4 is 34.4 Å². The molecule has 1 fully saturated rings. The van der Waals surface area contributed by atoms with E-state index in [-0.39, 0.29) is 17.6 Å². The number of hydrogen-bond acceptors (Lipinski definition) is 4. The fourth-order valence-electron chi connectivity index (χ4n) is 3.92. The lowest BCUT2D eigenvalue weighted by Gasteiger charge is -2.31.